The molecule has 0 aliphatic carbocycles. The molecule has 10 nitrogen and oxygen atoms in total. The van der Waals surface area contributed by atoms with Crippen molar-refractivity contribution in [2.45, 2.75) is 51.4 Å². The average molecular weight is 828 g/mol. The number of nitrogens with zero attached hydrogens (tertiary/aromatic N) is 6. The molecule has 2 saturated heterocycles. The van der Waals surface area contributed by atoms with Crippen LogP contribution in [0.25, 0.3) is 44.2 Å². The van der Waals surface area contributed by atoms with Crippen LogP contribution in [-0.2, 0) is 35.3 Å². The lowest BCUT2D eigenvalue weighted by molar-refractivity contribution is -0.130. The predicted molar refractivity (Wildman–Crippen MR) is 237 cm³/mol. The van der Waals surface area contributed by atoms with Gasteiger partial charge in [-0.25, -0.2) is 0 Å². The van der Waals surface area contributed by atoms with Crippen molar-refractivity contribution in [2.24, 2.45) is 0 Å². The fourth-order valence-electron chi connectivity index (χ4n) is 7.59. The lowest BCUT2D eigenvalue weighted by Crippen LogP contribution is -2.29. The lowest BCUT2D eigenvalue weighted by Gasteiger charge is -2.15. The SMILES string of the molecule is CN(C)CCc1coc2ccc(-c3cncc(CC(=O)N4CCCC4)c3)cc12.CN(C)CCc1coc2ccc(-c3cncc(CC(=O)N4CCCC4)c3)cc12.Cl.Cl. The van der Waals surface area contributed by atoms with Crippen LogP contribution in [0.3, 0.4) is 0 Å². The second kappa shape index (κ2) is 20.8. The van der Waals surface area contributed by atoms with E-state index in [0.29, 0.717) is 12.8 Å². The highest BCUT2D eigenvalue weighted by molar-refractivity contribution is 5.88. The van der Waals surface area contributed by atoms with Crippen molar-refractivity contribution < 1.29 is 18.4 Å². The average Bonchev–Trinajstić information content (AvgIpc) is 4.04. The van der Waals surface area contributed by atoms with Crippen molar-refractivity contribution in [3.8, 4) is 22.3 Å². The summed E-state index contributed by atoms with van der Waals surface area (Å²) >= 11 is 0. The first-order valence-electron chi connectivity index (χ1n) is 19.9. The molecule has 2 aromatic carbocycles. The predicted octanol–water partition coefficient (Wildman–Crippen LogP) is 8.37. The monoisotopic (exact) mass is 826 g/mol. The fourth-order valence-corrected chi connectivity index (χ4v) is 7.59. The smallest absolute Gasteiger partial charge is 0.227 e. The van der Waals surface area contributed by atoms with E-state index in [-0.39, 0.29) is 36.6 Å². The molecule has 8 rings (SSSR count). The van der Waals surface area contributed by atoms with Gasteiger partial charge in [0, 0.05) is 86.0 Å². The zero-order valence-electron chi connectivity index (χ0n) is 34.1. The molecule has 0 unspecified atom stereocenters. The first-order valence-corrected chi connectivity index (χ1v) is 19.9. The third kappa shape index (κ3) is 11.3. The number of fused-ring (bicyclic) bond motifs is 2. The number of pyridine rings is 2. The maximum absolute atomic E-state index is 12.5. The molecule has 2 aliphatic heterocycles. The molecule has 2 fully saturated rings. The van der Waals surface area contributed by atoms with Gasteiger partial charge in [-0.05, 0) is 136 Å². The minimum absolute atomic E-state index is 0. The number of likely N-dealkylation sites (tertiary alicyclic amines) is 2. The highest BCUT2D eigenvalue weighted by Gasteiger charge is 2.20. The Morgan fingerprint density at radius 1 is 0.569 bits per heavy atom. The number of halogens is 2. The van der Waals surface area contributed by atoms with Crippen molar-refractivity contribution in [3.63, 3.8) is 0 Å². The molecule has 12 heteroatoms. The number of likely N-dealkylation sites (N-methyl/N-ethyl adjacent to an activating group) is 2. The van der Waals surface area contributed by atoms with Gasteiger partial charge in [-0.1, -0.05) is 12.1 Å². The number of amides is 2. The van der Waals surface area contributed by atoms with Crippen LogP contribution in [0.4, 0.5) is 0 Å². The maximum Gasteiger partial charge on any atom is 0.227 e. The molecule has 2 aliphatic rings. The number of aromatic nitrogens is 2. The van der Waals surface area contributed by atoms with Gasteiger partial charge >= 0.3 is 0 Å². The van der Waals surface area contributed by atoms with Crippen LogP contribution < -0.4 is 0 Å². The van der Waals surface area contributed by atoms with Gasteiger partial charge in [-0.3, -0.25) is 19.6 Å². The molecule has 0 saturated carbocycles. The second-order valence-corrected chi connectivity index (χ2v) is 15.7. The van der Waals surface area contributed by atoms with E-state index in [4.69, 9.17) is 8.83 Å². The number of rotatable bonds is 12. The Balaban J connectivity index is 0.000000214. The Labute approximate surface area is 354 Å². The molecule has 6 heterocycles. The number of carbonyl (C=O) groups excluding carboxylic acids is 2. The van der Waals surface area contributed by atoms with E-state index in [9.17, 15) is 9.59 Å². The summed E-state index contributed by atoms with van der Waals surface area (Å²) in [5.74, 6) is 0.403. The van der Waals surface area contributed by atoms with Crippen LogP contribution >= 0.6 is 24.8 Å². The number of hydrogen-bond acceptors (Lipinski definition) is 8. The van der Waals surface area contributed by atoms with Gasteiger partial charge in [0.1, 0.15) is 11.2 Å². The summed E-state index contributed by atoms with van der Waals surface area (Å²) in [5.41, 5.74) is 10.5. The van der Waals surface area contributed by atoms with Crippen molar-refractivity contribution in [1.29, 1.82) is 0 Å². The summed E-state index contributed by atoms with van der Waals surface area (Å²) in [6.07, 6.45) is 18.3. The summed E-state index contributed by atoms with van der Waals surface area (Å²) < 4.78 is 11.4. The van der Waals surface area contributed by atoms with Crippen LogP contribution in [0, 0.1) is 0 Å². The number of benzene rings is 2. The number of carbonyl (C=O) groups is 2. The summed E-state index contributed by atoms with van der Waals surface area (Å²) in [5, 5.41) is 2.30. The quantitative estimate of drug-likeness (QED) is 0.121. The molecule has 4 aromatic heterocycles. The Bertz CT molecular complexity index is 2110. The molecule has 0 atom stereocenters. The van der Waals surface area contributed by atoms with E-state index in [0.717, 1.165) is 133 Å². The minimum atomic E-state index is 0. The Morgan fingerprint density at radius 2 is 0.966 bits per heavy atom. The van der Waals surface area contributed by atoms with Crippen LogP contribution in [-0.4, -0.2) is 109 Å². The van der Waals surface area contributed by atoms with Gasteiger partial charge in [-0.2, -0.15) is 0 Å². The molecule has 0 bridgehead atoms. The van der Waals surface area contributed by atoms with Gasteiger partial charge in [0.05, 0.1) is 25.4 Å². The lowest BCUT2D eigenvalue weighted by atomic mass is 10.0. The van der Waals surface area contributed by atoms with Gasteiger partial charge in [0.15, 0.2) is 0 Å². The van der Waals surface area contributed by atoms with E-state index in [1.54, 1.807) is 12.4 Å². The molecule has 58 heavy (non-hydrogen) atoms. The van der Waals surface area contributed by atoms with Crippen LogP contribution in [0.1, 0.15) is 47.9 Å². The van der Waals surface area contributed by atoms with Gasteiger partial charge in [0.2, 0.25) is 11.8 Å². The van der Waals surface area contributed by atoms with Crippen molar-refractivity contribution >= 4 is 58.6 Å². The largest absolute Gasteiger partial charge is 0.464 e. The summed E-state index contributed by atoms with van der Waals surface area (Å²) in [4.78, 5) is 42.0. The highest BCUT2D eigenvalue weighted by Crippen LogP contribution is 2.30. The first-order chi connectivity index (χ1) is 27.2. The van der Waals surface area contributed by atoms with Crippen LogP contribution in [0.5, 0.6) is 0 Å². The number of furan rings is 2. The van der Waals surface area contributed by atoms with E-state index in [1.165, 1.54) is 11.1 Å². The van der Waals surface area contributed by atoms with Gasteiger partial charge in [-0.15, -0.1) is 24.8 Å². The zero-order chi connectivity index (χ0) is 39.0. The third-order valence-corrected chi connectivity index (χ3v) is 10.8. The molecule has 6 aromatic rings. The fraction of sp³-hybridized carbons (Fsp3) is 0.391. The van der Waals surface area contributed by atoms with Gasteiger partial charge in [0.25, 0.3) is 0 Å². The summed E-state index contributed by atoms with van der Waals surface area (Å²) in [6.45, 7) is 5.51. The first kappa shape index (κ1) is 44.4. The summed E-state index contributed by atoms with van der Waals surface area (Å²) in [7, 11) is 8.31. The van der Waals surface area contributed by atoms with E-state index >= 15 is 0 Å². The molecular weight excluding hydrogens is 771 g/mol. The molecule has 2 amide bonds. The maximum atomic E-state index is 12.5. The Hall–Kier alpha value is -4.74. The normalized spacial score (nSPS) is 13.8. The van der Waals surface area contributed by atoms with E-state index in [1.807, 2.05) is 46.9 Å². The zero-order valence-corrected chi connectivity index (χ0v) is 35.7. The molecule has 308 valence electrons. The number of hydrogen-bond donors (Lipinski definition) is 0. The van der Waals surface area contributed by atoms with E-state index < -0.39 is 0 Å². The topological polar surface area (TPSA) is 99.2 Å². The van der Waals surface area contributed by atoms with Crippen molar-refractivity contribution in [2.75, 3.05) is 67.5 Å². The Kier molecular flexibility index (Phi) is 15.9. The van der Waals surface area contributed by atoms with Gasteiger partial charge < -0.3 is 28.4 Å². The summed E-state index contributed by atoms with van der Waals surface area (Å²) in [6, 6.07) is 16.7. The van der Waals surface area contributed by atoms with E-state index in [2.05, 4.69) is 84.4 Å². The highest BCUT2D eigenvalue weighted by atomic mass is 35.5. The third-order valence-electron chi connectivity index (χ3n) is 10.8. The molecule has 0 radical (unpaired) electrons. The molecule has 0 spiro atoms. The molecular formula is C46H56Cl2N6O4. The Morgan fingerprint density at radius 3 is 1.34 bits per heavy atom. The van der Waals surface area contributed by atoms with Crippen LogP contribution in [0.2, 0.25) is 0 Å². The van der Waals surface area contributed by atoms with Crippen LogP contribution in [0.15, 0.2) is 94.7 Å². The molecule has 0 N–H and O–H groups in total. The van der Waals surface area contributed by atoms with Crippen molar-refractivity contribution in [1.82, 2.24) is 29.6 Å². The van der Waals surface area contributed by atoms with Crippen molar-refractivity contribution in [3.05, 3.63) is 108 Å². The standard InChI is InChI=1S/2C23H27N3O2.2ClH/c2*1-25(2)10-7-19-16-28-22-6-5-18(13-21(19)22)20-11-17(14-24-15-20)12-23(27)26-8-3-4-9-26;;/h2*5-6,11,13-16H,3-4,7-10,12H2,1-2H3;2*1H. The minimum Gasteiger partial charge on any atom is -0.464 e. The second-order valence-electron chi connectivity index (χ2n) is 15.7.